The Kier molecular flexibility index (Phi) is 3.65. The minimum Gasteiger partial charge on any atom is -0.496 e. The monoisotopic (exact) mass is 282 g/mol. The van der Waals surface area contributed by atoms with Crippen LogP contribution in [0.2, 0.25) is 0 Å². The van der Waals surface area contributed by atoms with Crippen LogP contribution in [0.1, 0.15) is 29.0 Å². The molecule has 3 heteroatoms. The van der Waals surface area contributed by atoms with Crippen molar-refractivity contribution < 1.29 is 14.6 Å². The lowest BCUT2D eigenvalue weighted by molar-refractivity contribution is -0.142. The smallest absolute Gasteiger partial charge is 0.307 e. The van der Waals surface area contributed by atoms with Gasteiger partial charge in [-0.1, -0.05) is 42.5 Å². The van der Waals surface area contributed by atoms with E-state index in [1.807, 2.05) is 48.5 Å². The number of carboxylic acids is 1. The molecule has 108 valence electrons. The molecule has 1 aliphatic rings. The predicted octanol–water partition coefficient (Wildman–Crippen LogP) is 3.47. The average molecular weight is 282 g/mol. The summed E-state index contributed by atoms with van der Waals surface area (Å²) in [6.07, 6.45) is 1.39. The summed E-state index contributed by atoms with van der Waals surface area (Å²) in [5.74, 6) is -0.357. The van der Waals surface area contributed by atoms with Crippen LogP contribution in [0, 0.1) is 5.92 Å². The quantitative estimate of drug-likeness (QED) is 0.937. The van der Waals surface area contributed by atoms with Gasteiger partial charge in [0.25, 0.3) is 0 Å². The number of hydrogen-bond donors (Lipinski definition) is 1. The largest absolute Gasteiger partial charge is 0.496 e. The van der Waals surface area contributed by atoms with E-state index in [-0.39, 0.29) is 11.8 Å². The van der Waals surface area contributed by atoms with Crippen LogP contribution in [0.25, 0.3) is 0 Å². The van der Waals surface area contributed by atoms with E-state index in [4.69, 9.17) is 4.74 Å². The fourth-order valence-corrected chi connectivity index (χ4v) is 3.35. The molecule has 3 rings (SSSR count). The highest BCUT2D eigenvalue weighted by Gasteiger charge is 2.36. The van der Waals surface area contributed by atoms with Crippen molar-refractivity contribution in [1.29, 1.82) is 0 Å². The van der Waals surface area contributed by atoms with Gasteiger partial charge in [-0.25, -0.2) is 0 Å². The van der Waals surface area contributed by atoms with Crippen LogP contribution in [0.5, 0.6) is 5.75 Å². The summed E-state index contributed by atoms with van der Waals surface area (Å²) < 4.78 is 5.45. The maximum Gasteiger partial charge on any atom is 0.307 e. The van der Waals surface area contributed by atoms with Crippen molar-refractivity contribution in [2.24, 2.45) is 5.92 Å². The van der Waals surface area contributed by atoms with Gasteiger partial charge in [-0.3, -0.25) is 4.79 Å². The van der Waals surface area contributed by atoms with Crippen molar-refractivity contribution in [3.8, 4) is 5.75 Å². The molecule has 0 saturated carbocycles. The van der Waals surface area contributed by atoms with E-state index < -0.39 is 5.97 Å². The molecule has 0 saturated heterocycles. The van der Waals surface area contributed by atoms with Gasteiger partial charge in [0.05, 0.1) is 13.0 Å². The number of hydrogen-bond acceptors (Lipinski definition) is 2. The van der Waals surface area contributed by atoms with Gasteiger partial charge in [0.2, 0.25) is 0 Å². The highest BCUT2D eigenvalue weighted by molar-refractivity contribution is 5.73. The van der Waals surface area contributed by atoms with Gasteiger partial charge >= 0.3 is 5.97 Å². The van der Waals surface area contributed by atoms with Crippen molar-refractivity contribution in [3.05, 3.63) is 65.2 Å². The first-order valence-electron chi connectivity index (χ1n) is 7.16. The van der Waals surface area contributed by atoms with Crippen molar-refractivity contribution in [1.82, 2.24) is 0 Å². The van der Waals surface area contributed by atoms with Crippen molar-refractivity contribution >= 4 is 5.97 Å². The van der Waals surface area contributed by atoms with Crippen LogP contribution in [-0.4, -0.2) is 18.2 Å². The third kappa shape index (κ3) is 2.40. The lowest BCUT2D eigenvalue weighted by atomic mass is 9.71. The molecule has 0 fully saturated rings. The Hall–Kier alpha value is -2.29. The minimum absolute atomic E-state index is 0.109. The third-order valence-corrected chi connectivity index (χ3v) is 4.31. The first-order valence-corrected chi connectivity index (χ1v) is 7.16. The Morgan fingerprint density at radius 2 is 1.90 bits per heavy atom. The van der Waals surface area contributed by atoms with E-state index in [0.29, 0.717) is 6.42 Å². The number of carbonyl (C=O) groups is 1. The Morgan fingerprint density at radius 1 is 1.14 bits per heavy atom. The van der Waals surface area contributed by atoms with Gasteiger partial charge in [-0.2, -0.15) is 0 Å². The summed E-state index contributed by atoms with van der Waals surface area (Å²) in [5.41, 5.74) is 3.28. The van der Waals surface area contributed by atoms with Gasteiger partial charge in [0, 0.05) is 5.92 Å². The average Bonchev–Trinajstić information content (AvgIpc) is 2.53. The molecule has 0 amide bonds. The van der Waals surface area contributed by atoms with Gasteiger partial charge in [-0.05, 0) is 35.6 Å². The molecule has 0 bridgehead atoms. The summed E-state index contributed by atoms with van der Waals surface area (Å²) >= 11 is 0. The number of fused-ring (bicyclic) bond motifs is 1. The summed E-state index contributed by atoms with van der Waals surface area (Å²) in [5, 5.41) is 9.59. The van der Waals surface area contributed by atoms with Crippen LogP contribution in [0.15, 0.2) is 48.5 Å². The van der Waals surface area contributed by atoms with Crippen molar-refractivity contribution in [2.75, 3.05) is 7.11 Å². The van der Waals surface area contributed by atoms with Gasteiger partial charge in [0.1, 0.15) is 5.75 Å². The number of carboxylic acid groups (broad SMARTS) is 1. The molecule has 0 aliphatic heterocycles. The molecule has 2 aromatic rings. The number of benzene rings is 2. The molecule has 21 heavy (non-hydrogen) atoms. The SMILES string of the molecule is COc1cccc2c1CCC(C(=O)O)C2c1ccccc1. The molecule has 3 nitrogen and oxygen atoms in total. The predicted molar refractivity (Wildman–Crippen MR) is 80.7 cm³/mol. The van der Waals surface area contributed by atoms with E-state index in [0.717, 1.165) is 28.9 Å². The van der Waals surface area contributed by atoms with Crippen LogP contribution in [-0.2, 0) is 11.2 Å². The highest BCUT2D eigenvalue weighted by Crippen LogP contribution is 2.43. The highest BCUT2D eigenvalue weighted by atomic mass is 16.5. The molecule has 2 unspecified atom stereocenters. The second-order valence-electron chi connectivity index (χ2n) is 5.40. The molecule has 0 radical (unpaired) electrons. The standard InChI is InChI=1S/C18H18O3/c1-21-16-9-5-8-14-13(16)10-11-15(18(19)20)17(14)12-6-3-2-4-7-12/h2-9,15,17H,10-11H2,1H3,(H,19,20). The molecule has 2 atom stereocenters. The first kappa shape index (κ1) is 13.7. The van der Waals surface area contributed by atoms with E-state index in [1.165, 1.54) is 0 Å². The summed E-state index contributed by atoms with van der Waals surface area (Å²) in [6.45, 7) is 0. The van der Waals surface area contributed by atoms with E-state index >= 15 is 0 Å². The normalized spacial score (nSPS) is 20.6. The first-order chi connectivity index (χ1) is 10.2. The Balaban J connectivity index is 2.16. The fraction of sp³-hybridized carbons (Fsp3) is 0.278. The van der Waals surface area contributed by atoms with Crippen molar-refractivity contribution in [2.45, 2.75) is 18.8 Å². The van der Waals surface area contributed by atoms with Crippen LogP contribution in [0.3, 0.4) is 0 Å². The molecular weight excluding hydrogens is 264 g/mol. The molecule has 0 heterocycles. The second-order valence-corrected chi connectivity index (χ2v) is 5.40. The molecule has 0 spiro atoms. The second kappa shape index (κ2) is 5.60. The molecular formula is C18H18O3. The maximum absolute atomic E-state index is 11.7. The van der Waals surface area contributed by atoms with Gasteiger partial charge < -0.3 is 9.84 Å². The zero-order valence-corrected chi connectivity index (χ0v) is 12.0. The van der Waals surface area contributed by atoms with Gasteiger partial charge in [-0.15, -0.1) is 0 Å². The Morgan fingerprint density at radius 3 is 2.57 bits per heavy atom. The summed E-state index contributed by atoms with van der Waals surface area (Å²) in [4.78, 5) is 11.7. The third-order valence-electron chi connectivity index (χ3n) is 4.31. The number of ether oxygens (including phenoxy) is 1. The minimum atomic E-state index is -0.725. The summed E-state index contributed by atoms with van der Waals surface area (Å²) in [6, 6.07) is 15.8. The molecule has 2 aromatic carbocycles. The lowest BCUT2D eigenvalue weighted by Gasteiger charge is -2.32. The summed E-state index contributed by atoms with van der Waals surface area (Å²) in [7, 11) is 1.66. The van der Waals surface area contributed by atoms with Gasteiger partial charge in [0.15, 0.2) is 0 Å². The molecule has 1 N–H and O–H groups in total. The van der Waals surface area contributed by atoms with Crippen LogP contribution >= 0.6 is 0 Å². The van der Waals surface area contributed by atoms with E-state index in [2.05, 4.69) is 0 Å². The zero-order chi connectivity index (χ0) is 14.8. The Labute approximate surface area is 124 Å². The Bertz CT molecular complexity index is 649. The van der Waals surface area contributed by atoms with Crippen molar-refractivity contribution in [3.63, 3.8) is 0 Å². The maximum atomic E-state index is 11.7. The van der Waals surface area contributed by atoms with Crippen LogP contribution in [0.4, 0.5) is 0 Å². The molecule has 1 aliphatic carbocycles. The number of aliphatic carboxylic acids is 1. The zero-order valence-electron chi connectivity index (χ0n) is 12.0. The van der Waals surface area contributed by atoms with E-state index in [9.17, 15) is 9.90 Å². The number of methoxy groups -OCH3 is 1. The number of rotatable bonds is 3. The molecule has 0 aromatic heterocycles. The van der Waals surface area contributed by atoms with Crippen LogP contribution < -0.4 is 4.74 Å². The van der Waals surface area contributed by atoms with E-state index in [1.54, 1.807) is 7.11 Å². The fourth-order valence-electron chi connectivity index (χ4n) is 3.35. The topological polar surface area (TPSA) is 46.5 Å². The lowest BCUT2D eigenvalue weighted by Crippen LogP contribution is -2.28.